The molecule has 1 aliphatic heterocycles. The third-order valence-electron chi connectivity index (χ3n) is 5.28. The fraction of sp³-hybridized carbons (Fsp3) is 0.706. The quantitative estimate of drug-likeness (QED) is 0.819. The SMILES string of the molecule is CC1OCCC1(F)C(=O)NC(CNc1nccnc1F)C1CCCC1. The minimum atomic E-state index is -2.01. The maximum atomic E-state index is 14.9. The first kappa shape index (κ1) is 18.0. The van der Waals surface area contributed by atoms with Crippen molar-refractivity contribution in [2.75, 3.05) is 18.5 Å². The highest BCUT2D eigenvalue weighted by Gasteiger charge is 2.49. The van der Waals surface area contributed by atoms with Crippen molar-refractivity contribution in [1.29, 1.82) is 0 Å². The maximum Gasteiger partial charge on any atom is 0.260 e. The number of amides is 1. The maximum absolute atomic E-state index is 14.9. The van der Waals surface area contributed by atoms with Crippen LogP contribution in [-0.2, 0) is 9.53 Å². The average molecular weight is 354 g/mol. The zero-order valence-corrected chi connectivity index (χ0v) is 14.3. The van der Waals surface area contributed by atoms with Gasteiger partial charge in [-0.05, 0) is 25.7 Å². The van der Waals surface area contributed by atoms with Crippen LogP contribution in [0.2, 0.25) is 0 Å². The third kappa shape index (κ3) is 3.89. The molecule has 1 aromatic rings. The van der Waals surface area contributed by atoms with Crippen molar-refractivity contribution in [3.05, 3.63) is 18.3 Å². The Morgan fingerprint density at radius 3 is 2.76 bits per heavy atom. The van der Waals surface area contributed by atoms with Crippen molar-refractivity contribution in [2.45, 2.75) is 56.8 Å². The molecule has 8 heteroatoms. The number of carbonyl (C=O) groups is 1. The summed E-state index contributed by atoms with van der Waals surface area (Å²) in [6, 6.07) is -0.295. The second-order valence-corrected chi connectivity index (χ2v) is 6.83. The molecular formula is C17H24F2N4O2. The lowest BCUT2D eigenvalue weighted by molar-refractivity contribution is -0.137. The number of alkyl halides is 1. The Labute approximate surface area is 145 Å². The minimum absolute atomic E-state index is 0.0345. The van der Waals surface area contributed by atoms with Crippen LogP contribution in [0.25, 0.3) is 0 Å². The van der Waals surface area contributed by atoms with Crippen LogP contribution in [0.15, 0.2) is 12.4 Å². The summed E-state index contributed by atoms with van der Waals surface area (Å²) >= 11 is 0. The zero-order chi connectivity index (χ0) is 17.9. The van der Waals surface area contributed by atoms with Crippen molar-refractivity contribution in [3.63, 3.8) is 0 Å². The van der Waals surface area contributed by atoms with Gasteiger partial charge in [0.15, 0.2) is 5.82 Å². The van der Waals surface area contributed by atoms with E-state index in [1.165, 1.54) is 12.4 Å². The number of carbonyl (C=O) groups excluding carboxylic acids is 1. The molecule has 2 aliphatic rings. The van der Waals surface area contributed by atoms with E-state index in [0.29, 0.717) is 0 Å². The number of anilines is 1. The van der Waals surface area contributed by atoms with Gasteiger partial charge < -0.3 is 15.4 Å². The number of nitrogens with zero attached hydrogens (tertiary/aromatic N) is 2. The van der Waals surface area contributed by atoms with E-state index in [0.717, 1.165) is 25.7 Å². The van der Waals surface area contributed by atoms with E-state index >= 15 is 0 Å². The number of rotatable bonds is 6. The molecule has 2 N–H and O–H groups in total. The van der Waals surface area contributed by atoms with E-state index < -0.39 is 23.6 Å². The molecule has 2 fully saturated rings. The first-order valence-corrected chi connectivity index (χ1v) is 8.82. The predicted molar refractivity (Wildman–Crippen MR) is 88.2 cm³/mol. The topological polar surface area (TPSA) is 76.1 Å². The van der Waals surface area contributed by atoms with E-state index in [1.54, 1.807) is 6.92 Å². The first-order valence-electron chi connectivity index (χ1n) is 8.82. The molecular weight excluding hydrogens is 330 g/mol. The van der Waals surface area contributed by atoms with Gasteiger partial charge in [0.25, 0.3) is 11.9 Å². The molecule has 0 spiro atoms. The van der Waals surface area contributed by atoms with Gasteiger partial charge in [0.2, 0.25) is 5.67 Å². The second-order valence-electron chi connectivity index (χ2n) is 6.83. The molecule has 1 aliphatic carbocycles. The summed E-state index contributed by atoms with van der Waals surface area (Å²) in [6.07, 6.45) is 6.04. The molecule has 1 amide bonds. The van der Waals surface area contributed by atoms with Crippen LogP contribution < -0.4 is 10.6 Å². The highest BCUT2D eigenvalue weighted by molar-refractivity contribution is 5.86. The van der Waals surface area contributed by atoms with Gasteiger partial charge in [0.05, 0.1) is 12.7 Å². The summed E-state index contributed by atoms with van der Waals surface area (Å²) in [4.78, 5) is 20.0. The number of aromatic nitrogens is 2. The van der Waals surface area contributed by atoms with Crippen LogP contribution in [0.4, 0.5) is 14.6 Å². The molecule has 25 heavy (non-hydrogen) atoms. The van der Waals surface area contributed by atoms with E-state index in [2.05, 4.69) is 20.6 Å². The Balaban J connectivity index is 1.67. The summed E-state index contributed by atoms with van der Waals surface area (Å²) in [5.41, 5.74) is -2.01. The van der Waals surface area contributed by atoms with Gasteiger partial charge in [-0.2, -0.15) is 4.39 Å². The van der Waals surface area contributed by atoms with Gasteiger partial charge in [-0.1, -0.05) is 12.8 Å². The first-order chi connectivity index (χ1) is 12.0. The van der Waals surface area contributed by atoms with Gasteiger partial charge in [0, 0.05) is 31.4 Å². The highest BCUT2D eigenvalue weighted by Crippen LogP contribution is 2.32. The van der Waals surface area contributed by atoms with E-state index in [9.17, 15) is 13.6 Å². The summed E-state index contributed by atoms with van der Waals surface area (Å²) in [5, 5.41) is 5.73. The summed E-state index contributed by atoms with van der Waals surface area (Å²) in [5.74, 6) is -1.07. The molecule has 0 radical (unpaired) electrons. The van der Waals surface area contributed by atoms with Crippen molar-refractivity contribution in [3.8, 4) is 0 Å². The van der Waals surface area contributed by atoms with Gasteiger partial charge in [-0.25, -0.2) is 14.4 Å². The molecule has 0 aromatic carbocycles. The van der Waals surface area contributed by atoms with Crippen LogP contribution in [0.5, 0.6) is 0 Å². The van der Waals surface area contributed by atoms with Crippen molar-refractivity contribution >= 4 is 11.7 Å². The molecule has 0 bridgehead atoms. The van der Waals surface area contributed by atoms with Gasteiger partial charge in [0.1, 0.15) is 0 Å². The Hall–Kier alpha value is -1.83. The summed E-state index contributed by atoms with van der Waals surface area (Å²) in [7, 11) is 0. The molecule has 138 valence electrons. The highest BCUT2D eigenvalue weighted by atomic mass is 19.1. The molecule has 2 heterocycles. The fourth-order valence-corrected chi connectivity index (χ4v) is 3.65. The Kier molecular flexibility index (Phi) is 5.46. The van der Waals surface area contributed by atoms with Crippen LogP contribution in [0, 0.1) is 11.9 Å². The number of halogens is 2. The molecule has 3 rings (SSSR count). The molecule has 1 saturated carbocycles. The standard InChI is InChI=1S/C17H24F2N4O2/c1-11-17(19,6-9-25-11)16(24)23-13(12-4-2-3-5-12)10-22-15-14(18)20-7-8-21-15/h7-8,11-13H,2-6,9-10H2,1H3,(H,21,22)(H,23,24). The van der Waals surface area contributed by atoms with Crippen LogP contribution in [-0.4, -0.2) is 46.8 Å². The van der Waals surface area contributed by atoms with Crippen molar-refractivity contribution in [1.82, 2.24) is 15.3 Å². The third-order valence-corrected chi connectivity index (χ3v) is 5.28. The molecule has 6 nitrogen and oxygen atoms in total. The smallest absolute Gasteiger partial charge is 0.260 e. The molecule has 3 unspecified atom stereocenters. The Morgan fingerprint density at radius 2 is 2.12 bits per heavy atom. The average Bonchev–Trinajstić information content (AvgIpc) is 3.24. The Morgan fingerprint density at radius 1 is 1.40 bits per heavy atom. The number of ether oxygens (including phenoxy) is 1. The second kappa shape index (κ2) is 7.59. The van der Waals surface area contributed by atoms with E-state index in [-0.39, 0.29) is 37.4 Å². The minimum Gasteiger partial charge on any atom is -0.374 e. The zero-order valence-electron chi connectivity index (χ0n) is 14.3. The van der Waals surface area contributed by atoms with Gasteiger partial charge in [-0.15, -0.1) is 0 Å². The monoisotopic (exact) mass is 354 g/mol. The van der Waals surface area contributed by atoms with Crippen molar-refractivity contribution < 1.29 is 18.3 Å². The number of hydrogen-bond acceptors (Lipinski definition) is 5. The molecule has 1 saturated heterocycles. The van der Waals surface area contributed by atoms with Crippen LogP contribution in [0.1, 0.15) is 39.0 Å². The lowest BCUT2D eigenvalue weighted by Gasteiger charge is -2.29. The summed E-state index contributed by atoms with van der Waals surface area (Å²) < 4.78 is 33.8. The number of nitrogens with one attached hydrogen (secondary N) is 2. The Bertz CT molecular complexity index is 612. The fourth-order valence-electron chi connectivity index (χ4n) is 3.65. The number of hydrogen-bond donors (Lipinski definition) is 2. The van der Waals surface area contributed by atoms with Crippen LogP contribution in [0.3, 0.4) is 0 Å². The largest absolute Gasteiger partial charge is 0.374 e. The van der Waals surface area contributed by atoms with Gasteiger partial charge >= 0.3 is 0 Å². The van der Waals surface area contributed by atoms with Crippen LogP contribution >= 0.6 is 0 Å². The van der Waals surface area contributed by atoms with Gasteiger partial charge in [-0.3, -0.25) is 4.79 Å². The molecule has 1 aromatic heterocycles. The lowest BCUT2D eigenvalue weighted by atomic mass is 9.94. The predicted octanol–water partition coefficient (Wildman–Crippen LogP) is 2.22. The summed E-state index contributed by atoms with van der Waals surface area (Å²) in [6.45, 7) is 2.09. The van der Waals surface area contributed by atoms with E-state index in [1.807, 2.05) is 0 Å². The van der Waals surface area contributed by atoms with Crippen molar-refractivity contribution in [2.24, 2.45) is 5.92 Å². The van der Waals surface area contributed by atoms with E-state index in [4.69, 9.17) is 4.74 Å². The normalized spacial score (nSPS) is 28.0. The lowest BCUT2D eigenvalue weighted by Crippen LogP contribution is -2.54. The molecule has 3 atom stereocenters.